The highest BCUT2D eigenvalue weighted by Gasteiger charge is 2.35. The zero-order chi connectivity index (χ0) is 12.4. The molecule has 1 amide bonds. The summed E-state index contributed by atoms with van der Waals surface area (Å²) in [6.07, 6.45) is 0. The van der Waals surface area contributed by atoms with Crippen molar-refractivity contribution < 1.29 is 4.79 Å². The largest absolute Gasteiger partial charge is 0.354 e. The number of carbonyl (C=O) groups is 1. The number of nitrogens with zero attached hydrogens (tertiary/aromatic N) is 1. The number of thiocarbonyl (C=S) groups is 1. The van der Waals surface area contributed by atoms with Gasteiger partial charge in [0.1, 0.15) is 5.92 Å². The van der Waals surface area contributed by atoms with Gasteiger partial charge in [-0.3, -0.25) is 4.79 Å². The Labute approximate surface area is 109 Å². The third kappa shape index (κ3) is 2.38. The smallest absolute Gasteiger partial charge is 0.245 e. The number of nitriles is 1. The molecule has 6 heteroatoms. The predicted octanol–water partition coefficient (Wildman–Crippen LogP) is 1.53. The van der Waals surface area contributed by atoms with Crippen molar-refractivity contribution in [2.45, 2.75) is 6.04 Å². The van der Waals surface area contributed by atoms with E-state index in [2.05, 4.69) is 10.6 Å². The number of nitrogens with one attached hydrogen (secondary N) is 2. The maximum atomic E-state index is 11.6. The van der Waals surface area contributed by atoms with Crippen LogP contribution in [0.4, 0.5) is 0 Å². The second-order valence-electron chi connectivity index (χ2n) is 3.60. The Hall–Kier alpha value is -1.64. The standard InChI is InChI=1S/C11H8ClN3OS/c12-7-3-1-2-6(4-7)9-8(5-13)10(16)15-11(17)14-9/h1-4,8-9H,(H2,14,15,16,17)/t8-,9+/m1/s1. The summed E-state index contributed by atoms with van der Waals surface area (Å²) in [6, 6.07) is 8.52. The van der Waals surface area contributed by atoms with Crippen LogP contribution in [0.3, 0.4) is 0 Å². The van der Waals surface area contributed by atoms with E-state index in [1.807, 2.05) is 6.07 Å². The second kappa shape index (κ2) is 4.70. The van der Waals surface area contributed by atoms with Crippen LogP contribution in [0.5, 0.6) is 0 Å². The average Bonchev–Trinajstić information content (AvgIpc) is 2.28. The van der Waals surface area contributed by atoms with E-state index in [4.69, 9.17) is 29.1 Å². The van der Waals surface area contributed by atoms with E-state index in [0.717, 1.165) is 5.56 Å². The van der Waals surface area contributed by atoms with Crippen molar-refractivity contribution >= 4 is 34.8 Å². The molecule has 17 heavy (non-hydrogen) atoms. The molecule has 0 bridgehead atoms. The summed E-state index contributed by atoms with van der Waals surface area (Å²) in [7, 11) is 0. The van der Waals surface area contributed by atoms with E-state index in [-0.39, 0.29) is 11.0 Å². The zero-order valence-electron chi connectivity index (χ0n) is 8.61. The second-order valence-corrected chi connectivity index (χ2v) is 4.45. The Morgan fingerprint density at radius 2 is 2.24 bits per heavy atom. The van der Waals surface area contributed by atoms with Crippen molar-refractivity contribution in [1.29, 1.82) is 5.26 Å². The zero-order valence-corrected chi connectivity index (χ0v) is 10.2. The van der Waals surface area contributed by atoms with Gasteiger partial charge in [-0.15, -0.1) is 0 Å². The van der Waals surface area contributed by atoms with E-state index < -0.39 is 12.0 Å². The number of carbonyl (C=O) groups excluding carboxylic acids is 1. The molecule has 0 radical (unpaired) electrons. The van der Waals surface area contributed by atoms with Crippen molar-refractivity contribution in [2.75, 3.05) is 0 Å². The van der Waals surface area contributed by atoms with Crippen molar-refractivity contribution in [1.82, 2.24) is 10.6 Å². The van der Waals surface area contributed by atoms with Crippen LogP contribution in [0.15, 0.2) is 24.3 Å². The van der Waals surface area contributed by atoms with Gasteiger partial charge >= 0.3 is 0 Å². The fraction of sp³-hybridized carbons (Fsp3) is 0.182. The molecule has 0 spiro atoms. The van der Waals surface area contributed by atoms with E-state index in [0.29, 0.717) is 5.02 Å². The highest BCUT2D eigenvalue weighted by molar-refractivity contribution is 7.80. The molecule has 1 aliphatic heterocycles. The number of hydrogen-bond donors (Lipinski definition) is 2. The third-order valence-electron chi connectivity index (χ3n) is 2.49. The Balaban J connectivity index is 2.38. The van der Waals surface area contributed by atoms with Crippen molar-refractivity contribution in [3.05, 3.63) is 34.9 Å². The molecule has 0 unspecified atom stereocenters. The Bertz CT molecular complexity index is 526. The molecular formula is C11H8ClN3OS. The number of hydrogen-bond acceptors (Lipinski definition) is 3. The van der Waals surface area contributed by atoms with Gasteiger partial charge in [0.05, 0.1) is 12.1 Å². The summed E-state index contributed by atoms with van der Waals surface area (Å²) in [6.45, 7) is 0. The highest BCUT2D eigenvalue weighted by Crippen LogP contribution is 2.26. The van der Waals surface area contributed by atoms with Gasteiger partial charge in [0.2, 0.25) is 5.91 Å². The Kier molecular flexibility index (Phi) is 3.27. The molecule has 1 heterocycles. The van der Waals surface area contributed by atoms with Gasteiger partial charge < -0.3 is 10.6 Å². The fourth-order valence-corrected chi connectivity index (χ4v) is 2.14. The first-order valence-electron chi connectivity index (χ1n) is 4.88. The van der Waals surface area contributed by atoms with E-state index in [1.165, 1.54) is 0 Å². The third-order valence-corrected chi connectivity index (χ3v) is 2.94. The lowest BCUT2D eigenvalue weighted by Gasteiger charge is -2.29. The van der Waals surface area contributed by atoms with Gasteiger partial charge in [-0.25, -0.2) is 0 Å². The molecule has 1 aromatic rings. The number of rotatable bonds is 1. The quantitative estimate of drug-likeness (QED) is 0.756. The maximum Gasteiger partial charge on any atom is 0.245 e. The molecule has 1 aromatic carbocycles. The summed E-state index contributed by atoms with van der Waals surface area (Å²) in [5.41, 5.74) is 0.765. The molecule has 1 aliphatic rings. The first-order valence-corrected chi connectivity index (χ1v) is 5.67. The van der Waals surface area contributed by atoms with Crippen LogP contribution in [0.25, 0.3) is 0 Å². The van der Waals surface area contributed by atoms with Crippen molar-refractivity contribution in [2.24, 2.45) is 5.92 Å². The van der Waals surface area contributed by atoms with Crippen LogP contribution in [0.1, 0.15) is 11.6 Å². The minimum atomic E-state index is -0.819. The van der Waals surface area contributed by atoms with Crippen molar-refractivity contribution in [3.8, 4) is 6.07 Å². The SMILES string of the molecule is N#C[C@H]1C(=O)NC(=S)N[C@H]1c1cccc(Cl)c1. The lowest BCUT2D eigenvalue weighted by molar-refractivity contribution is -0.123. The number of amides is 1. The number of halogens is 1. The maximum absolute atomic E-state index is 11.6. The van der Waals surface area contributed by atoms with Gasteiger partial charge in [-0.1, -0.05) is 23.7 Å². The molecule has 1 fully saturated rings. The van der Waals surface area contributed by atoms with Crippen LogP contribution in [0, 0.1) is 17.2 Å². The molecular weight excluding hydrogens is 258 g/mol. The van der Waals surface area contributed by atoms with Crippen LogP contribution < -0.4 is 10.6 Å². The average molecular weight is 266 g/mol. The van der Waals surface area contributed by atoms with E-state index >= 15 is 0 Å². The molecule has 2 N–H and O–H groups in total. The lowest BCUT2D eigenvalue weighted by Crippen LogP contribution is -2.53. The minimum Gasteiger partial charge on any atom is -0.354 e. The summed E-state index contributed by atoms with van der Waals surface area (Å²) >= 11 is 10.8. The molecule has 1 saturated heterocycles. The highest BCUT2D eigenvalue weighted by atomic mass is 35.5. The molecule has 4 nitrogen and oxygen atoms in total. The van der Waals surface area contributed by atoms with E-state index in [9.17, 15) is 4.79 Å². The topological polar surface area (TPSA) is 64.9 Å². The lowest BCUT2D eigenvalue weighted by atomic mass is 9.92. The van der Waals surface area contributed by atoms with Crippen LogP contribution >= 0.6 is 23.8 Å². The summed E-state index contributed by atoms with van der Waals surface area (Å²) in [4.78, 5) is 11.6. The monoisotopic (exact) mass is 265 g/mol. The van der Waals surface area contributed by atoms with Gasteiger partial charge in [0, 0.05) is 5.02 Å². The number of benzene rings is 1. The molecule has 2 atom stereocenters. The van der Waals surface area contributed by atoms with Gasteiger partial charge in [0.15, 0.2) is 5.11 Å². The van der Waals surface area contributed by atoms with Gasteiger partial charge in [0.25, 0.3) is 0 Å². The minimum absolute atomic E-state index is 0.228. The van der Waals surface area contributed by atoms with Crippen molar-refractivity contribution in [3.63, 3.8) is 0 Å². The first-order chi connectivity index (χ1) is 8.11. The summed E-state index contributed by atoms with van der Waals surface area (Å²) in [5, 5.41) is 15.1. The Morgan fingerprint density at radius 1 is 1.47 bits per heavy atom. The van der Waals surface area contributed by atoms with Crippen LogP contribution in [-0.4, -0.2) is 11.0 Å². The Morgan fingerprint density at radius 3 is 2.88 bits per heavy atom. The summed E-state index contributed by atoms with van der Waals surface area (Å²) in [5.74, 6) is -1.21. The van der Waals surface area contributed by atoms with Crippen LogP contribution in [0.2, 0.25) is 5.02 Å². The normalized spacial score (nSPS) is 23.5. The van der Waals surface area contributed by atoms with Gasteiger partial charge in [-0.05, 0) is 29.9 Å². The molecule has 2 rings (SSSR count). The summed E-state index contributed by atoms with van der Waals surface area (Å²) < 4.78 is 0. The molecule has 0 aromatic heterocycles. The van der Waals surface area contributed by atoms with Gasteiger partial charge in [-0.2, -0.15) is 5.26 Å². The van der Waals surface area contributed by atoms with E-state index in [1.54, 1.807) is 24.3 Å². The first kappa shape index (κ1) is 11.8. The fourth-order valence-electron chi connectivity index (χ4n) is 1.71. The predicted molar refractivity (Wildman–Crippen MR) is 67.2 cm³/mol. The molecule has 86 valence electrons. The molecule has 0 aliphatic carbocycles. The molecule has 0 saturated carbocycles. The van der Waals surface area contributed by atoms with Crippen LogP contribution in [-0.2, 0) is 4.79 Å².